The first-order valence-corrected chi connectivity index (χ1v) is 22.5. The van der Waals surface area contributed by atoms with Crippen molar-refractivity contribution in [2.75, 3.05) is 23.0 Å². The van der Waals surface area contributed by atoms with Crippen molar-refractivity contribution in [2.45, 2.75) is 24.5 Å². The molecule has 2 aromatic heterocycles. The summed E-state index contributed by atoms with van der Waals surface area (Å²) < 4.78 is 39.6. The van der Waals surface area contributed by atoms with E-state index in [0.29, 0.717) is 11.5 Å². The fourth-order valence-electron chi connectivity index (χ4n) is 6.33. The largest absolute Gasteiger partial charge is 0.452 e. The number of anilines is 1. The van der Waals surface area contributed by atoms with Gasteiger partial charge >= 0.3 is 17.7 Å². The summed E-state index contributed by atoms with van der Waals surface area (Å²) in [7, 11) is 0. The first kappa shape index (κ1) is 38.2. The van der Waals surface area contributed by atoms with Gasteiger partial charge in [0, 0.05) is 22.6 Å². The van der Waals surface area contributed by atoms with E-state index in [-0.39, 0.29) is 45.8 Å². The molecule has 8 rings (SSSR count). The highest BCUT2D eigenvalue weighted by Crippen LogP contribution is 2.74. The van der Waals surface area contributed by atoms with Gasteiger partial charge in [-0.25, -0.2) is 29.4 Å². The van der Waals surface area contributed by atoms with Crippen molar-refractivity contribution in [1.29, 1.82) is 0 Å². The Morgan fingerprint density at radius 1 is 0.684 bits per heavy atom. The van der Waals surface area contributed by atoms with Gasteiger partial charge in [0.15, 0.2) is 35.4 Å². The molecule has 288 valence electrons. The minimum Gasteiger partial charge on any atom is -0.452 e. The van der Waals surface area contributed by atoms with Crippen molar-refractivity contribution in [2.24, 2.45) is 0 Å². The SMILES string of the molecule is O=C(O[C@@H]1[C@H](OC(=O)c2ccccc2)[C@@H](COP2(=O)SCCS2)O[C@H]1n1cnc2c(N(C(=O)c3ccccc3)C(=O)c3ccccc3)ncnc21)c1ccccc1. The maximum Gasteiger partial charge on any atom is 0.338 e. The Hall–Kier alpha value is -5.64. The summed E-state index contributed by atoms with van der Waals surface area (Å²) in [6.45, 7) is -0.280. The number of benzene rings is 4. The molecule has 57 heavy (non-hydrogen) atoms. The summed E-state index contributed by atoms with van der Waals surface area (Å²) in [6.07, 6.45) is -2.47. The zero-order chi connectivity index (χ0) is 39.4. The maximum atomic E-state index is 14.1. The van der Waals surface area contributed by atoms with E-state index in [4.69, 9.17) is 18.7 Å². The third-order valence-corrected chi connectivity index (χ3v) is 16.7. The zero-order valence-corrected chi connectivity index (χ0v) is 32.3. The molecule has 0 saturated carbocycles. The number of rotatable bonds is 11. The zero-order valence-electron chi connectivity index (χ0n) is 29.8. The van der Waals surface area contributed by atoms with E-state index in [0.717, 1.165) is 4.90 Å². The summed E-state index contributed by atoms with van der Waals surface area (Å²) in [6, 6.07) is 33.1. The average molecular weight is 822 g/mol. The number of carbonyl (C=O) groups excluding carboxylic acids is 4. The molecule has 2 aliphatic heterocycles. The minimum absolute atomic E-state index is 0.0449. The van der Waals surface area contributed by atoms with Gasteiger partial charge < -0.3 is 18.7 Å². The number of amides is 2. The van der Waals surface area contributed by atoms with Gasteiger partial charge in [-0.1, -0.05) is 95.6 Å². The number of ether oxygens (including phenoxy) is 3. The standard InChI is InChI=1S/C40H32N5O9PS2/c46-36(26-13-5-1-6-14-26)45(37(47)27-15-7-2-8-16-27)35-31-34(41-24-42-35)44(25-43-31)38-33(54-40(49)29-19-11-4-12-20-29)32(53-39(48)28-17-9-3-10-18-28)30(52-38)23-51-55(50)56-21-22-57-55/h1-20,24-25,30,32-33,38H,21-23H2/t30-,32-,33-,38-/m1/s1. The molecule has 0 spiro atoms. The summed E-state index contributed by atoms with van der Waals surface area (Å²) >= 11 is 2.42. The molecule has 0 N–H and O–H groups in total. The molecule has 14 nitrogen and oxygen atoms in total. The third kappa shape index (κ3) is 8.13. The molecule has 2 fully saturated rings. The van der Waals surface area contributed by atoms with Gasteiger partial charge in [-0.15, -0.1) is 0 Å². The summed E-state index contributed by atoms with van der Waals surface area (Å²) in [5.74, 6) is -4.76. The van der Waals surface area contributed by atoms with Crippen LogP contribution in [0.15, 0.2) is 134 Å². The lowest BCUT2D eigenvalue weighted by atomic mass is 10.1. The van der Waals surface area contributed by atoms with E-state index < -0.39 is 54.1 Å². The van der Waals surface area contributed by atoms with Crippen LogP contribution in [-0.4, -0.2) is 79.7 Å². The summed E-state index contributed by atoms with van der Waals surface area (Å²) in [5, 5.41) is 0. The Bertz CT molecular complexity index is 2400. The first-order valence-electron chi connectivity index (χ1n) is 17.7. The van der Waals surface area contributed by atoms with E-state index in [1.165, 1.54) is 40.0 Å². The van der Waals surface area contributed by atoms with Gasteiger partial charge in [0.25, 0.3) is 11.8 Å². The molecule has 2 saturated heterocycles. The molecular weight excluding hydrogens is 790 g/mol. The first-order chi connectivity index (χ1) is 27.8. The predicted molar refractivity (Wildman–Crippen MR) is 213 cm³/mol. The van der Waals surface area contributed by atoms with E-state index >= 15 is 0 Å². The van der Waals surface area contributed by atoms with Crippen LogP contribution in [0.2, 0.25) is 0 Å². The molecule has 0 aliphatic carbocycles. The van der Waals surface area contributed by atoms with Crippen molar-refractivity contribution in [1.82, 2.24) is 19.5 Å². The molecular formula is C40H32N5O9PS2. The fraction of sp³-hybridized carbons (Fsp3) is 0.175. The number of imidazole rings is 1. The number of nitrogens with zero attached hydrogens (tertiary/aromatic N) is 5. The highest BCUT2D eigenvalue weighted by Gasteiger charge is 2.52. The average Bonchev–Trinajstić information content (AvgIpc) is 3.98. The molecule has 0 bridgehead atoms. The van der Waals surface area contributed by atoms with Crippen LogP contribution in [0.25, 0.3) is 11.2 Å². The van der Waals surface area contributed by atoms with Gasteiger partial charge in [0.1, 0.15) is 12.4 Å². The molecule has 4 heterocycles. The number of fused-ring (bicyclic) bond motifs is 1. The fourth-order valence-corrected chi connectivity index (χ4v) is 13.7. The Balaban J connectivity index is 1.22. The maximum absolute atomic E-state index is 14.1. The van der Waals surface area contributed by atoms with E-state index in [1.807, 2.05) is 0 Å². The van der Waals surface area contributed by atoms with Crippen LogP contribution in [0.4, 0.5) is 5.82 Å². The summed E-state index contributed by atoms with van der Waals surface area (Å²) in [4.78, 5) is 70.0. The molecule has 17 heteroatoms. The van der Waals surface area contributed by atoms with Gasteiger partial charge in [0.2, 0.25) is 0 Å². The third-order valence-electron chi connectivity index (χ3n) is 9.04. The minimum atomic E-state index is -3.15. The van der Waals surface area contributed by atoms with Crippen molar-refractivity contribution in [3.8, 4) is 0 Å². The second kappa shape index (κ2) is 16.8. The monoisotopic (exact) mass is 821 g/mol. The molecule has 2 aliphatic rings. The molecule has 4 atom stereocenters. The smallest absolute Gasteiger partial charge is 0.338 e. The van der Waals surface area contributed by atoms with Crippen LogP contribution < -0.4 is 4.90 Å². The highest BCUT2D eigenvalue weighted by atomic mass is 33.1. The Kier molecular flexibility index (Phi) is 11.3. The van der Waals surface area contributed by atoms with Crippen molar-refractivity contribution < 1.29 is 42.5 Å². The summed E-state index contributed by atoms with van der Waals surface area (Å²) in [5.41, 5.74) is 1.06. The second-order valence-corrected chi connectivity index (χ2v) is 20.3. The quantitative estimate of drug-likeness (QED) is 0.0727. The van der Waals surface area contributed by atoms with Crippen LogP contribution in [-0.2, 0) is 23.3 Å². The molecule has 0 unspecified atom stereocenters. The molecule has 0 radical (unpaired) electrons. The number of hydrogen-bond donors (Lipinski definition) is 0. The van der Waals surface area contributed by atoms with Crippen LogP contribution in [0.1, 0.15) is 47.7 Å². The molecule has 4 aromatic carbocycles. The molecule has 6 aromatic rings. The van der Waals surface area contributed by atoms with Crippen molar-refractivity contribution >= 4 is 69.3 Å². The lowest BCUT2D eigenvalue weighted by molar-refractivity contribution is -0.0534. The van der Waals surface area contributed by atoms with Crippen molar-refractivity contribution in [3.05, 3.63) is 156 Å². The van der Waals surface area contributed by atoms with Crippen LogP contribution in [0, 0.1) is 0 Å². The number of hydrogen-bond acceptors (Lipinski definition) is 14. The highest BCUT2D eigenvalue weighted by molar-refractivity contribution is 8.90. The van der Waals surface area contributed by atoms with Gasteiger partial charge in [0.05, 0.1) is 24.1 Å². The number of imide groups is 1. The Morgan fingerprint density at radius 2 is 1.18 bits per heavy atom. The lowest BCUT2D eigenvalue weighted by Crippen LogP contribution is -2.41. The van der Waals surface area contributed by atoms with Crippen LogP contribution in [0.3, 0.4) is 0 Å². The van der Waals surface area contributed by atoms with Crippen molar-refractivity contribution in [3.63, 3.8) is 0 Å². The molecule has 2 amide bonds. The Morgan fingerprint density at radius 3 is 1.70 bits per heavy atom. The normalized spacial score (nSPS) is 19.9. The van der Waals surface area contributed by atoms with Crippen LogP contribution >= 0.6 is 28.5 Å². The topological polar surface area (TPSA) is 169 Å². The van der Waals surface area contributed by atoms with Gasteiger partial charge in [-0.3, -0.25) is 18.7 Å². The van der Waals surface area contributed by atoms with Gasteiger partial charge in [-0.2, -0.15) is 0 Å². The second-order valence-electron chi connectivity index (χ2n) is 12.6. The lowest BCUT2D eigenvalue weighted by Gasteiger charge is -2.25. The van der Waals surface area contributed by atoms with E-state index in [1.54, 1.807) is 121 Å². The Labute approximate surface area is 333 Å². The van der Waals surface area contributed by atoms with E-state index in [9.17, 15) is 23.7 Å². The predicted octanol–water partition coefficient (Wildman–Crippen LogP) is 7.27. The number of esters is 2. The number of aromatic nitrogens is 4. The van der Waals surface area contributed by atoms with Gasteiger partial charge in [-0.05, 0) is 48.5 Å². The van der Waals surface area contributed by atoms with E-state index in [2.05, 4.69) is 15.0 Å². The number of carbonyl (C=O) groups is 4. The van der Waals surface area contributed by atoms with Crippen LogP contribution in [0.5, 0.6) is 0 Å².